The Morgan fingerprint density at radius 3 is 2.55 bits per heavy atom. The largest absolute Gasteiger partial charge is 0.342 e. The second kappa shape index (κ2) is 9.33. The van der Waals surface area contributed by atoms with Crippen molar-refractivity contribution >= 4 is 17.7 Å². The van der Waals surface area contributed by atoms with Gasteiger partial charge < -0.3 is 14.4 Å². The molecule has 3 heterocycles. The molecule has 6 nitrogen and oxygen atoms in total. The van der Waals surface area contributed by atoms with Crippen molar-refractivity contribution in [2.75, 3.05) is 26.2 Å². The number of aryl methyl sites for hydroxylation is 1. The van der Waals surface area contributed by atoms with Gasteiger partial charge in [0.15, 0.2) is 5.16 Å². The molecule has 2 fully saturated rings. The summed E-state index contributed by atoms with van der Waals surface area (Å²) in [7, 11) is 1.96. The number of hydrogen-bond acceptors (Lipinski definition) is 5. The van der Waals surface area contributed by atoms with Crippen molar-refractivity contribution in [1.82, 2.24) is 24.6 Å². The topological polar surface area (TPSA) is 54.3 Å². The maximum absolute atomic E-state index is 13.0. The van der Waals surface area contributed by atoms with Crippen LogP contribution in [0.15, 0.2) is 35.7 Å². The number of benzene rings is 1. The summed E-state index contributed by atoms with van der Waals surface area (Å²) in [6.45, 7) is 11.0. The van der Waals surface area contributed by atoms with Crippen LogP contribution in [-0.4, -0.2) is 62.7 Å². The highest BCUT2D eigenvalue weighted by molar-refractivity contribution is 7.99. The highest BCUT2D eigenvalue weighted by Gasteiger charge is 2.41. The summed E-state index contributed by atoms with van der Waals surface area (Å²) in [6.07, 6.45) is 5.79. The number of rotatable bonds is 6. The minimum absolute atomic E-state index is 0.249. The molecule has 31 heavy (non-hydrogen) atoms. The first-order valence-electron chi connectivity index (χ1n) is 11.5. The zero-order chi connectivity index (χ0) is 22.0. The Kier molecular flexibility index (Phi) is 6.72. The van der Waals surface area contributed by atoms with E-state index in [0.717, 1.165) is 36.7 Å². The first-order chi connectivity index (χ1) is 14.8. The van der Waals surface area contributed by atoms with Gasteiger partial charge in [-0.1, -0.05) is 36.0 Å². The van der Waals surface area contributed by atoms with Crippen LogP contribution in [0.1, 0.15) is 56.4 Å². The van der Waals surface area contributed by atoms with Gasteiger partial charge in [0, 0.05) is 38.0 Å². The molecule has 1 aromatic heterocycles. The predicted octanol–water partition coefficient (Wildman–Crippen LogP) is 3.93. The number of nitrogens with zero attached hydrogens (tertiary/aromatic N) is 5. The molecule has 1 atom stereocenters. The van der Waals surface area contributed by atoms with Gasteiger partial charge in [-0.2, -0.15) is 0 Å². The summed E-state index contributed by atoms with van der Waals surface area (Å²) in [5, 5.41) is 9.28. The standard InChI is InChI=1S/C24H35N5OS/c1-18(2)29-13-10-24(16-29)8-11-28(12-9-24)22(30)15-20-6-5-7-21(14-20)19(3)31-23-26-25-17-27(23)4/h5-7,14,17-19H,8-13,15-16H2,1-4H3/t19-/m0/s1. The number of likely N-dealkylation sites (tertiary alicyclic amines) is 2. The Balaban J connectivity index is 1.32. The number of carbonyl (C=O) groups is 1. The lowest BCUT2D eigenvalue weighted by molar-refractivity contribution is -0.132. The van der Waals surface area contributed by atoms with Gasteiger partial charge in [-0.3, -0.25) is 4.79 Å². The van der Waals surface area contributed by atoms with Gasteiger partial charge in [-0.25, -0.2) is 0 Å². The molecule has 0 unspecified atom stereocenters. The van der Waals surface area contributed by atoms with Gasteiger partial charge >= 0.3 is 0 Å². The van der Waals surface area contributed by atoms with Crippen LogP contribution in [0.25, 0.3) is 0 Å². The van der Waals surface area contributed by atoms with E-state index in [2.05, 4.69) is 65.0 Å². The monoisotopic (exact) mass is 441 g/mol. The highest BCUT2D eigenvalue weighted by atomic mass is 32.2. The smallest absolute Gasteiger partial charge is 0.226 e. The van der Waals surface area contributed by atoms with Gasteiger partial charge in [0.1, 0.15) is 6.33 Å². The van der Waals surface area contributed by atoms with Crippen LogP contribution < -0.4 is 0 Å². The van der Waals surface area contributed by atoms with Gasteiger partial charge in [-0.15, -0.1) is 10.2 Å². The van der Waals surface area contributed by atoms with Crippen molar-refractivity contribution < 1.29 is 4.79 Å². The molecule has 2 aliphatic heterocycles. The second-order valence-corrected chi connectivity index (χ2v) is 10.9. The minimum Gasteiger partial charge on any atom is -0.342 e. The quantitative estimate of drug-likeness (QED) is 0.636. The van der Waals surface area contributed by atoms with Crippen LogP contribution in [0.5, 0.6) is 0 Å². The van der Waals surface area contributed by atoms with E-state index in [9.17, 15) is 4.79 Å². The Morgan fingerprint density at radius 2 is 1.90 bits per heavy atom. The van der Waals surface area contributed by atoms with Crippen LogP contribution in [0.4, 0.5) is 0 Å². The third kappa shape index (κ3) is 5.14. The molecule has 0 saturated carbocycles. The average Bonchev–Trinajstić information content (AvgIpc) is 3.35. The molecule has 4 rings (SSSR count). The highest BCUT2D eigenvalue weighted by Crippen LogP contribution is 2.41. The molecule has 1 aromatic carbocycles. The SMILES string of the molecule is CC(C)N1CCC2(CCN(C(=O)Cc3cccc([C@H](C)Sc4nncn4C)c3)CC2)C1. The first kappa shape index (κ1) is 22.3. The first-order valence-corrected chi connectivity index (χ1v) is 12.3. The van der Waals surface area contributed by atoms with E-state index < -0.39 is 0 Å². The van der Waals surface area contributed by atoms with Crippen molar-refractivity contribution in [1.29, 1.82) is 0 Å². The Morgan fingerprint density at radius 1 is 1.16 bits per heavy atom. The molecular weight excluding hydrogens is 406 g/mol. The van der Waals surface area contributed by atoms with Crippen molar-refractivity contribution in [3.05, 3.63) is 41.7 Å². The van der Waals surface area contributed by atoms with Crippen LogP contribution >= 0.6 is 11.8 Å². The lowest BCUT2D eigenvalue weighted by atomic mass is 9.77. The Hall–Kier alpha value is -1.86. The maximum atomic E-state index is 13.0. The minimum atomic E-state index is 0.249. The van der Waals surface area contributed by atoms with Gasteiger partial charge in [0.05, 0.1) is 6.42 Å². The molecule has 0 N–H and O–H groups in total. The zero-order valence-corrected chi connectivity index (χ0v) is 20.1. The van der Waals surface area contributed by atoms with Gasteiger partial charge in [-0.05, 0) is 63.1 Å². The number of carbonyl (C=O) groups excluding carboxylic acids is 1. The summed E-state index contributed by atoms with van der Waals surface area (Å²) >= 11 is 1.69. The fraction of sp³-hybridized carbons (Fsp3) is 0.625. The Labute approximate surface area is 190 Å². The van der Waals surface area contributed by atoms with E-state index >= 15 is 0 Å². The maximum Gasteiger partial charge on any atom is 0.226 e. The summed E-state index contributed by atoms with van der Waals surface area (Å²) in [4.78, 5) is 17.7. The van der Waals surface area contributed by atoms with Crippen molar-refractivity contribution in [2.45, 2.75) is 62.9 Å². The van der Waals surface area contributed by atoms with Crippen molar-refractivity contribution in [2.24, 2.45) is 12.5 Å². The lowest BCUT2D eigenvalue weighted by Crippen LogP contribution is -2.45. The van der Waals surface area contributed by atoms with E-state index in [1.54, 1.807) is 18.1 Å². The number of amides is 1. The molecule has 168 valence electrons. The van der Waals surface area contributed by atoms with Gasteiger partial charge in [0.25, 0.3) is 0 Å². The van der Waals surface area contributed by atoms with Crippen LogP contribution in [0.3, 0.4) is 0 Å². The number of aromatic nitrogens is 3. The fourth-order valence-corrected chi connectivity index (χ4v) is 5.80. The molecule has 7 heteroatoms. The van der Waals surface area contributed by atoms with Crippen LogP contribution in [-0.2, 0) is 18.3 Å². The lowest BCUT2D eigenvalue weighted by Gasteiger charge is -2.39. The third-order valence-corrected chi connectivity index (χ3v) is 8.31. The fourth-order valence-electron chi connectivity index (χ4n) is 4.90. The second-order valence-electron chi connectivity index (χ2n) is 9.60. The molecular formula is C24H35N5OS. The van der Waals surface area contributed by atoms with Gasteiger partial charge in [0.2, 0.25) is 5.91 Å². The average molecular weight is 442 g/mol. The summed E-state index contributed by atoms with van der Waals surface area (Å²) in [6, 6.07) is 9.07. The molecule has 2 saturated heterocycles. The van der Waals surface area contributed by atoms with E-state index in [1.165, 1.54) is 25.1 Å². The summed E-state index contributed by atoms with van der Waals surface area (Å²) < 4.78 is 1.93. The summed E-state index contributed by atoms with van der Waals surface area (Å²) in [5.74, 6) is 0.263. The number of hydrogen-bond donors (Lipinski definition) is 0. The molecule has 0 bridgehead atoms. The zero-order valence-electron chi connectivity index (χ0n) is 19.3. The normalized spacial score (nSPS) is 20.0. The third-order valence-electron chi connectivity index (χ3n) is 7.10. The molecule has 1 spiro atoms. The summed E-state index contributed by atoms with van der Waals surface area (Å²) in [5.41, 5.74) is 2.75. The van der Waals surface area contributed by atoms with E-state index in [0.29, 0.717) is 17.9 Å². The van der Waals surface area contributed by atoms with E-state index in [1.807, 2.05) is 11.6 Å². The van der Waals surface area contributed by atoms with Crippen LogP contribution in [0, 0.1) is 5.41 Å². The van der Waals surface area contributed by atoms with Crippen LogP contribution in [0.2, 0.25) is 0 Å². The molecule has 0 radical (unpaired) electrons. The van der Waals surface area contributed by atoms with Crippen molar-refractivity contribution in [3.63, 3.8) is 0 Å². The molecule has 2 aliphatic rings. The molecule has 0 aliphatic carbocycles. The van der Waals surface area contributed by atoms with Crippen molar-refractivity contribution in [3.8, 4) is 0 Å². The number of piperidine rings is 1. The van der Waals surface area contributed by atoms with E-state index in [4.69, 9.17) is 0 Å². The van der Waals surface area contributed by atoms with E-state index in [-0.39, 0.29) is 11.2 Å². The predicted molar refractivity (Wildman–Crippen MR) is 125 cm³/mol. The molecule has 1 amide bonds. The number of thioether (sulfide) groups is 1. The Bertz CT molecular complexity index is 903. The molecule has 2 aromatic rings.